The van der Waals surface area contributed by atoms with Crippen molar-refractivity contribution < 1.29 is 14.3 Å². The highest BCUT2D eigenvalue weighted by atomic mass is 16.5. The molecule has 1 fully saturated rings. The first kappa shape index (κ1) is 13.0. The predicted octanol–water partition coefficient (Wildman–Crippen LogP) is 0.182. The van der Waals surface area contributed by atoms with E-state index in [4.69, 9.17) is 10.5 Å². The largest absolute Gasteiger partial charge is 0.370 e. The summed E-state index contributed by atoms with van der Waals surface area (Å²) >= 11 is 0. The SMILES string of the molecule is C[C@H]1CCO[C@@H]1C(=O)NC(C)(C)CC(N)=O. The standard InChI is InChI=1S/C11H20N2O3/c1-7-4-5-16-9(7)10(15)13-11(2,3)6-8(12)14/h7,9H,4-6H2,1-3H3,(H2,12,14)(H,13,15)/t7-,9-/m0/s1. The Balaban J connectivity index is 2.52. The second-order valence-corrected chi connectivity index (χ2v) is 5.07. The maximum Gasteiger partial charge on any atom is 0.249 e. The number of carbonyl (C=O) groups is 2. The van der Waals surface area contributed by atoms with E-state index in [0.717, 1.165) is 6.42 Å². The molecule has 0 aliphatic carbocycles. The fourth-order valence-corrected chi connectivity index (χ4v) is 1.92. The van der Waals surface area contributed by atoms with Gasteiger partial charge in [-0.3, -0.25) is 9.59 Å². The monoisotopic (exact) mass is 228 g/mol. The summed E-state index contributed by atoms with van der Waals surface area (Å²) in [5.74, 6) is -0.355. The van der Waals surface area contributed by atoms with Gasteiger partial charge in [-0.25, -0.2) is 0 Å². The lowest BCUT2D eigenvalue weighted by Crippen LogP contribution is -2.50. The molecule has 1 aliphatic rings. The number of hydrogen-bond acceptors (Lipinski definition) is 3. The molecular weight excluding hydrogens is 208 g/mol. The maximum atomic E-state index is 11.9. The van der Waals surface area contributed by atoms with Crippen LogP contribution in [0.2, 0.25) is 0 Å². The van der Waals surface area contributed by atoms with Crippen molar-refractivity contribution in [3.63, 3.8) is 0 Å². The van der Waals surface area contributed by atoms with Crippen LogP contribution in [0, 0.1) is 5.92 Å². The highest BCUT2D eigenvalue weighted by Gasteiger charge is 2.34. The van der Waals surface area contributed by atoms with Crippen molar-refractivity contribution in [2.45, 2.75) is 45.3 Å². The van der Waals surface area contributed by atoms with Gasteiger partial charge < -0.3 is 15.8 Å². The number of ether oxygens (including phenoxy) is 1. The molecule has 1 aliphatic heterocycles. The molecular formula is C11H20N2O3. The zero-order valence-electron chi connectivity index (χ0n) is 10.1. The van der Waals surface area contributed by atoms with E-state index in [2.05, 4.69) is 5.32 Å². The Morgan fingerprint density at radius 1 is 1.50 bits per heavy atom. The van der Waals surface area contributed by atoms with Crippen LogP contribution >= 0.6 is 0 Å². The zero-order valence-corrected chi connectivity index (χ0v) is 10.1. The summed E-state index contributed by atoms with van der Waals surface area (Å²) in [5.41, 5.74) is 4.50. The Labute approximate surface area is 95.7 Å². The molecule has 0 aromatic rings. The normalized spacial score (nSPS) is 25.4. The molecule has 1 heterocycles. The molecule has 16 heavy (non-hydrogen) atoms. The van der Waals surface area contributed by atoms with Crippen LogP contribution in [-0.2, 0) is 14.3 Å². The summed E-state index contributed by atoms with van der Waals surface area (Å²) in [6.45, 7) is 6.15. The number of amides is 2. The van der Waals surface area contributed by atoms with Crippen molar-refractivity contribution >= 4 is 11.8 Å². The van der Waals surface area contributed by atoms with E-state index in [1.807, 2.05) is 6.92 Å². The van der Waals surface area contributed by atoms with Crippen LogP contribution in [0.3, 0.4) is 0 Å². The van der Waals surface area contributed by atoms with Gasteiger partial charge in [0.25, 0.3) is 0 Å². The quantitative estimate of drug-likeness (QED) is 0.720. The van der Waals surface area contributed by atoms with Crippen LogP contribution in [-0.4, -0.2) is 30.1 Å². The van der Waals surface area contributed by atoms with Crippen LogP contribution in [0.1, 0.15) is 33.6 Å². The second kappa shape index (κ2) is 4.82. The molecule has 1 rings (SSSR count). The van der Waals surface area contributed by atoms with Crippen LogP contribution < -0.4 is 11.1 Å². The molecule has 0 aromatic carbocycles. The first-order valence-electron chi connectivity index (χ1n) is 5.54. The van der Waals surface area contributed by atoms with E-state index < -0.39 is 17.6 Å². The number of primary amides is 1. The topological polar surface area (TPSA) is 81.4 Å². The van der Waals surface area contributed by atoms with Crippen molar-refractivity contribution in [1.29, 1.82) is 0 Å². The third kappa shape index (κ3) is 3.48. The number of rotatable bonds is 4. The Bertz CT molecular complexity index is 289. The summed E-state index contributed by atoms with van der Waals surface area (Å²) in [6, 6.07) is 0. The molecule has 3 N–H and O–H groups in total. The predicted molar refractivity (Wildman–Crippen MR) is 59.6 cm³/mol. The smallest absolute Gasteiger partial charge is 0.249 e. The second-order valence-electron chi connectivity index (χ2n) is 5.07. The molecule has 0 aromatic heterocycles. The van der Waals surface area contributed by atoms with Crippen molar-refractivity contribution in [3.8, 4) is 0 Å². The minimum Gasteiger partial charge on any atom is -0.370 e. The van der Waals surface area contributed by atoms with Crippen molar-refractivity contribution in [2.75, 3.05) is 6.61 Å². The molecule has 0 bridgehead atoms. The van der Waals surface area contributed by atoms with Gasteiger partial charge in [-0.1, -0.05) is 6.92 Å². The van der Waals surface area contributed by atoms with Crippen LogP contribution in [0.4, 0.5) is 0 Å². The lowest BCUT2D eigenvalue weighted by atomic mass is 9.98. The highest BCUT2D eigenvalue weighted by molar-refractivity contribution is 5.83. The average molecular weight is 228 g/mol. The molecule has 0 spiro atoms. The number of hydrogen-bond donors (Lipinski definition) is 2. The molecule has 2 atom stereocenters. The van der Waals surface area contributed by atoms with E-state index in [1.54, 1.807) is 13.8 Å². The van der Waals surface area contributed by atoms with E-state index in [1.165, 1.54) is 0 Å². The lowest BCUT2D eigenvalue weighted by molar-refractivity contribution is -0.133. The minimum atomic E-state index is -0.616. The van der Waals surface area contributed by atoms with Gasteiger partial charge in [-0.05, 0) is 26.2 Å². The van der Waals surface area contributed by atoms with Gasteiger partial charge in [0.05, 0.1) is 0 Å². The first-order valence-corrected chi connectivity index (χ1v) is 5.54. The molecule has 2 amide bonds. The first-order chi connectivity index (χ1) is 7.32. The highest BCUT2D eigenvalue weighted by Crippen LogP contribution is 2.21. The molecule has 5 nitrogen and oxygen atoms in total. The third-order valence-electron chi connectivity index (χ3n) is 2.72. The third-order valence-corrected chi connectivity index (χ3v) is 2.72. The van der Waals surface area contributed by atoms with Crippen molar-refractivity contribution in [1.82, 2.24) is 5.32 Å². The summed E-state index contributed by atoms with van der Waals surface area (Å²) in [4.78, 5) is 22.7. The van der Waals surface area contributed by atoms with E-state index in [-0.39, 0.29) is 18.2 Å². The van der Waals surface area contributed by atoms with E-state index >= 15 is 0 Å². The molecule has 5 heteroatoms. The van der Waals surface area contributed by atoms with Gasteiger partial charge in [0, 0.05) is 18.6 Å². The van der Waals surface area contributed by atoms with Crippen LogP contribution in [0.15, 0.2) is 0 Å². The molecule has 1 saturated heterocycles. The van der Waals surface area contributed by atoms with Gasteiger partial charge in [0.2, 0.25) is 11.8 Å². The molecule has 92 valence electrons. The zero-order chi connectivity index (χ0) is 12.3. The average Bonchev–Trinajstić information content (AvgIpc) is 2.47. The molecule has 0 radical (unpaired) electrons. The van der Waals surface area contributed by atoms with Gasteiger partial charge in [0.15, 0.2) is 0 Å². The lowest BCUT2D eigenvalue weighted by Gasteiger charge is -2.27. The maximum absolute atomic E-state index is 11.9. The van der Waals surface area contributed by atoms with Gasteiger partial charge in [0.1, 0.15) is 6.10 Å². The van der Waals surface area contributed by atoms with Crippen LogP contribution in [0.5, 0.6) is 0 Å². The number of nitrogens with one attached hydrogen (secondary N) is 1. The molecule has 0 unspecified atom stereocenters. The van der Waals surface area contributed by atoms with Crippen molar-refractivity contribution in [3.05, 3.63) is 0 Å². The Morgan fingerprint density at radius 3 is 2.56 bits per heavy atom. The summed E-state index contributed by atoms with van der Waals surface area (Å²) < 4.78 is 5.35. The summed E-state index contributed by atoms with van der Waals surface area (Å²) in [7, 11) is 0. The Hall–Kier alpha value is -1.10. The number of carbonyl (C=O) groups excluding carboxylic acids is 2. The fourth-order valence-electron chi connectivity index (χ4n) is 1.92. The van der Waals surface area contributed by atoms with E-state index in [0.29, 0.717) is 6.61 Å². The van der Waals surface area contributed by atoms with E-state index in [9.17, 15) is 9.59 Å². The summed E-state index contributed by atoms with van der Waals surface area (Å²) in [5, 5.41) is 2.80. The fraction of sp³-hybridized carbons (Fsp3) is 0.818. The van der Waals surface area contributed by atoms with Gasteiger partial charge >= 0.3 is 0 Å². The minimum absolute atomic E-state index is 0.125. The molecule has 0 saturated carbocycles. The van der Waals surface area contributed by atoms with Crippen LogP contribution in [0.25, 0.3) is 0 Å². The van der Waals surface area contributed by atoms with Crippen molar-refractivity contribution in [2.24, 2.45) is 11.7 Å². The van der Waals surface area contributed by atoms with Gasteiger partial charge in [-0.15, -0.1) is 0 Å². The Kier molecular flexibility index (Phi) is 3.91. The van der Waals surface area contributed by atoms with Gasteiger partial charge in [-0.2, -0.15) is 0 Å². The summed E-state index contributed by atoms with van der Waals surface area (Å²) in [6.07, 6.45) is 0.626. The number of nitrogens with two attached hydrogens (primary N) is 1. The Morgan fingerprint density at radius 2 is 2.12 bits per heavy atom.